The molecule has 0 aromatic carbocycles. The van der Waals surface area contributed by atoms with Crippen molar-refractivity contribution in [2.24, 2.45) is 0 Å². The Kier molecular flexibility index (Phi) is 24.7. The first-order valence-electron chi connectivity index (χ1n) is 0.651. The van der Waals surface area contributed by atoms with Gasteiger partial charge >= 0.3 is 9.17 Å². The second-order valence-electron chi connectivity index (χ2n) is 0.283. The molecule has 0 fully saturated rings. The summed E-state index contributed by atoms with van der Waals surface area (Å²) >= 11 is 0. The Morgan fingerprint density at radius 2 is 1.33 bits per heavy atom. The van der Waals surface area contributed by atoms with Crippen molar-refractivity contribution >= 4 is 9.17 Å². The largest absolute Gasteiger partial charge is 0.761 e. The van der Waals surface area contributed by atoms with Crippen molar-refractivity contribution < 1.29 is 58.8 Å². The summed E-state index contributed by atoms with van der Waals surface area (Å²) in [6.07, 6.45) is 0. The molecule has 0 heterocycles. The topological polar surface area (TPSA) is 57.5 Å². The van der Waals surface area contributed by atoms with Gasteiger partial charge in [-0.2, -0.15) is 0 Å². The monoisotopic (exact) mass is 219 g/mol. The van der Waals surface area contributed by atoms with Crippen LogP contribution in [-0.4, -0.2) is 18.8 Å². The van der Waals surface area contributed by atoms with E-state index in [9.17, 15) is 0 Å². The third kappa shape index (κ3) is 72.1. The van der Waals surface area contributed by atoms with E-state index in [1.165, 1.54) is 0 Å². The van der Waals surface area contributed by atoms with Crippen LogP contribution in [0.15, 0.2) is 0 Å². The molecular weight excluding hydrogens is 218 g/mol. The zero-order chi connectivity index (χ0) is 3.58. The van der Waals surface area contributed by atoms with Gasteiger partial charge in [-0.05, 0) is 0 Å². The minimum atomic E-state index is -3.13. The van der Waals surface area contributed by atoms with Gasteiger partial charge in [0, 0.05) is 44.8 Å². The number of hydrogen-bond donors (Lipinski definition) is 2. The molecule has 0 aliphatic carbocycles. The second kappa shape index (κ2) is 9.43. The van der Waals surface area contributed by atoms with Gasteiger partial charge in [-0.25, -0.2) is 0 Å². The summed E-state index contributed by atoms with van der Waals surface area (Å²) < 4.78 is 8.74. The summed E-state index contributed by atoms with van der Waals surface area (Å²) in [7, 11) is -3.13. The van der Waals surface area contributed by atoms with Crippen molar-refractivity contribution in [1.29, 1.82) is 0 Å². The maximum Gasteiger partial charge on any atom is 0.761 e. The molecule has 2 N–H and O–H groups in total. The molecule has 0 unspecified atom stereocenters. The third-order valence-corrected chi connectivity index (χ3v) is 0. The van der Waals surface area contributed by atoms with Crippen LogP contribution in [0.1, 0.15) is 0 Å². The third-order valence-electron chi connectivity index (χ3n) is 0. The smallest absolute Gasteiger partial charge is 0.511 e. The Morgan fingerprint density at radius 1 is 1.33 bits per heavy atom. The van der Waals surface area contributed by atoms with Gasteiger partial charge in [0.1, 0.15) is 0 Å². The summed E-state index contributed by atoms with van der Waals surface area (Å²) in [5.74, 6) is 0. The molecule has 0 aromatic heterocycles. The Hall–Kier alpha value is 1.08. The van der Waals surface area contributed by atoms with Gasteiger partial charge in [0.2, 0.25) is 0 Å². The van der Waals surface area contributed by atoms with Crippen LogP contribution < -0.4 is 0 Å². The predicted octanol–water partition coefficient (Wildman–Crippen LogP) is -1.62. The fourth-order valence-corrected chi connectivity index (χ4v) is 0. The Morgan fingerprint density at radius 3 is 1.33 bits per heavy atom. The van der Waals surface area contributed by atoms with Crippen LogP contribution in [0, 0.1) is 0 Å². The summed E-state index contributed by atoms with van der Waals surface area (Å²) in [6.45, 7) is 0. The molecule has 0 saturated heterocycles. The molecule has 0 spiro atoms. The molecule has 0 atom stereocenters. The van der Waals surface area contributed by atoms with Crippen LogP contribution in [0.25, 0.3) is 0 Å². The molecule has 6 heteroatoms. The molecule has 0 aliphatic heterocycles. The van der Waals surface area contributed by atoms with E-state index in [0.29, 0.717) is 0 Å². The Bertz CT molecular complexity index is 33.8. The zero-order valence-electron chi connectivity index (χ0n) is 2.75. The van der Waals surface area contributed by atoms with E-state index in [0.717, 1.165) is 0 Å². The first-order valence-corrected chi connectivity index (χ1v) is 1.95. The summed E-state index contributed by atoms with van der Waals surface area (Å²) in [5.41, 5.74) is 0. The van der Waals surface area contributed by atoms with Crippen molar-refractivity contribution in [3.8, 4) is 0 Å². The van der Waals surface area contributed by atoms with Gasteiger partial charge in [-0.1, -0.05) is 0 Å². The quantitative estimate of drug-likeness (QED) is 0.483. The van der Waals surface area contributed by atoms with Crippen molar-refractivity contribution in [2.45, 2.75) is 0 Å². The minimum Gasteiger partial charge on any atom is -0.511 e. The van der Waals surface area contributed by atoms with Crippen LogP contribution in [-0.2, 0) is 49.2 Å². The van der Waals surface area contributed by atoms with Crippen molar-refractivity contribution in [1.82, 2.24) is 0 Å². The van der Waals surface area contributed by atoms with Gasteiger partial charge in [0.15, 0.2) is 0 Å². The van der Waals surface area contributed by atoms with Crippen molar-refractivity contribution in [2.75, 3.05) is 0 Å². The maximum absolute atomic E-state index is 8.74. The summed E-state index contributed by atoms with van der Waals surface area (Å²) in [5, 5.41) is 0. The molecule has 0 amide bonds. The van der Waals surface area contributed by atoms with E-state index >= 15 is 0 Å². The standard InChI is InChI=1S/H2O3Si.V.Zr/c1-4(2)3;;/h1-2H;;. The number of hydrogen-bond acceptors (Lipinski definition) is 1. The van der Waals surface area contributed by atoms with E-state index in [4.69, 9.17) is 14.1 Å². The van der Waals surface area contributed by atoms with Gasteiger partial charge in [0.25, 0.3) is 0 Å². The van der Waals surface area contributed by atoms with Crippen LogP contribution >= 0.6 is 0 Å². The molecular formula is H2O3SiVZr. The van der Waals surface area contributed by atoms with Gasteiger partial charge in [0.05, 0.1) is 0 Å². The summed E-state index contributed by atoms with van der Waals surface area (Å²) in [6, 6.07) is 0. The van der Waals surface area contributed by atoms with E-state index in [1.807, 2.05) is 0 Å². The minimum absolute atomic E-state index is 0. The van der Waals surface area contributed by atoms with Crippen LogP contribution in [0.4, 0.5) is 0 Å². The summed E-state index contributed by atoms with van der Waals surface area (Å²) in [4.78, 5) is 14.3. The zero-order valence-corrected chi connectivity index (χ0v) is 7.60. The van der Waals surface area contributed by atoms with E-state index in [-0.39, 0.29) is 44.8 Å². The molecule has 0 aliphatic rings. The first kappa shape index (κ1) is 15.7. The number of rotatable bonds is 0. The Balaban J connectivity index is -0.0000000450. The molecule has 0 saturated carbocycles. The van der Waals surface area contributed by atoms with Crippen molar-refractivity contribution in [3.05, 3.63) is 0 Å². The molecule has 1 radical (unpaired) electrons. The second-order valence-corrected chi connectivity index (χ2v) is 0.848. The Labute approximate surface area is 67.7 Å². The first-order chi connectivity index (χ1) is 1.73. The molecule has 3 nitrogen and oxygen atoms in total. The van der Waals surface area contributed by atoms with Gasteiger partial charge in [-0.15, -0.1) is 0 Å². The van der Waals surface area contributed by atoms with Gasteiger partial charge < -0.3 is 9.59 Å². The SMILES string of the molecule is O=[Si](O)O.[V].[Zr]. The van der Waals surface area contributed by atoms with Crippen LogP contribution in [0.3, 0.4) is 0 Å². The van der Waals surface area contributed by atoms with E-state index in [2.05, 4.69) is 0 Å². The van der Waals surface area contributed by atoms with Gasteiger partial charge in [-0.3, -0.25) is 4.46 Å². The van der Waals surface area contributed by atoms with Crippen molar-refractivity contribution in [3.63, 3.8) is 0 Å². The predicted molar refractivity (Wildman–Crippen MR) is 10.9 cm³/mol. The fourth-order valence-electron chi connectivity index (χ4n) is 0. The molecule has 33 valence electrons. The normalized spacial score (nSPS) is 4.00. The van der Waals surface area contributed by atoms with E-state index < -0.39 is 9.17 Å². The molecule has 0 bridgehead atoms. The molecule has 6 heavy (non-hydrogen) atoms. The van der Waals surface area contributed by atoms with Crippen LogP contribution in [0.5, 0.6) is 0 Å². The average molecular weight is 220 g/mol. The van der Waals surface area contributed by atoms with Crippen LogP contribution in [0.2, 0.25) is 0 Å². The molecule has 0 rings (SSSR count). The van der Waals surface area contributed by atoms with E-state index in [1.54, 1.807) is 0 Å². The maximum atomic E-state index is 8.74. The molecule has 0 aromatic rings. The average Bonchev–Trinajstić information content (AvgIpc) is 0.811. The fraction of sp³-hybridized carbons (Fsp3) is 0.